The Morgan fingerprint density at radius 3 is 3.05 bits per heavy atom. The Balaban J connectivity index is 1.64. The molecule has 1 aromatic rings. The van der Waals surface area contributed by atoms with Gasteiger partial charge in [-0.1, -0.05) is 0 Å². The fraction of sp³-hybridized carbons (Fsp3) is 0.571. The lowest BCUT2D eigenvalue weighted by molar-refractivity contribution is -0.137. The summed E-state index contributed by atoms with van der Waals surface area (Å²) in [6.07, 6.45) is 3.46. The van der Waals surface area contributed by atoms with Crippen LogP contribution in [0.1, 0.15) is 25.0 Å². The Hall–Kier alpha value is -1.82. The van der Waals surface area contributed by atoms with E-state index < -0.39 is 5.97 Å². The summed E-state index contributed by atoms with van der Waals surface area (Å²) in [7, 11) is 0. The second kappa shape index (κ2) is 7.09. The molecule has 1 fully saturated rings. The molecule has 6 nitrogen and oxygen atoms in total. The van der Waals surface area contributed by atoms with Crippen LogP contribution in [0.4, 0.5) is 0 Å². The maximum Gasteiger partial charge on any atom is 0.303 e. The molecule has 0 aliphatic carbocycles. The monoisotopic (exact) mass is 280 g/mol. The van der Waals surface area contributed by atoms with Crippen LogP contribution in [0.5, 0.6) is 0 Å². The molecule has 1 atom stereocenters. The topological polar surface area (TPSA) is 82.8 Å². The lowest BCUT2D eigenvalue weighted by Crippen LogP contribution is -2.35. The molecule has 6 heteroatoms. The van der Waals surface area contributed by atoms with E-state index in [2.05, 4.69) is 10.2 Å². The summed E-state index contributed by atoms with van der Waals surface area (Å²) in [5.74, 6) is 0.350. The highest BCUT2D eigenvalue weighted by Gasteiger charge is 2.24. The van der Waals surface area contributed by atoms with Gasteiger partial charge in [0.05, 0.1) is 19.4 Å². The number of amides is 1. The minimum atomic E-state index is -0.750. The normalized spacial score (nSPS) is 19.1. The number of carboxylic acids is 1. The number of nitrogens with one attached hydrogen (secondary N) is 1. The third kappa shape index (κ3) is 4.70. The molecule has 1 amide bonds. The molecule has 110 valence electrons. The van der Waals surface area contributed by atoms with E-state index in [0.29, 0.717) is 25.4 Å². The molecule has 0 saturated carbocycles. The van der Waals surface area contributed by atoms with Gasteiger partial charge in [0, 0.05) is 13.0 Å². The van der Waals surface area contributed by atoms with Gasteiger partial charge >= 0.3 is 5.97 Å². The number of carbonyl (C=O) groups is 2. The Morgan fingerprint density at radius 1 is 1.50 bits per heavy atom. The summed E-state index contributed by atoms with van der Waals surface area (Å²) >= 11 is 0. The van der Waals surface area contributed by atoms with Crippen molar-refractivity contribution >= 4 is 11.9 Å². The molecule has 20 heavy (non-hydrogen) atoms. The van der Waals surface area contributed by atoms with E-state index >= 15 is 0 Å². The summed E-state index contributed by atoms with van der Waals surface area (Å²) in [6.45, 7) is 2.44. The van der Waals surface area contributed by atoms with Crippen LogP contribution in [0.2, 0.25) is 0 Å². The highest BCUT2D eigenvalue weighted by Crippen LogP contribution is 2.20. The summed E-state index contributed by atoms with van der Waals surface area (Å²) < 4.78 is 5.14. The molecule has 1 aromatic heterocycles. The van der Waals surface area contributed by atoms with E-state index in [1.54, 1.807) is 12.3 Å². The Kier molecular flexibility index (Phi) is 5.17. The third-order valence-electron chi connectivity index (χ3n) is 3.54. The third-order valence-corrected chi connectivity index (χ3v) is 3.54. The SMILES string of the molecule is O=C(O)CCC1CCN(CC(=O)NCc2ccco2)C1. The average Bonchev–Trinajstić information content (AvgIpc) is 3.05. The smallest absolute Gasteiger partial charge is 0.303 e. The van der Waals surface area contributed by atoms with Gasteiger partial charge in [0.25, 0.3) is 0 Å². The number of rotatable bonds is 7. The second-order valence-electron chi connectivity index (χ2n) is 5.18. The molecule has 2 heterocycles. The minimum absolute atomic E-state index is 0.0275. The van der Waals surface area contributed by atoms with Crippen LogP contribution in [0.15, 0.2) is 22.8 Å². The predicted octanol–water partition coefficient (Wildman–Crippen LogP) is 1.08. The zero-order valence-electron chi connectivity index (χ0n) is 11.4. The molecule has 1 aliphatic rings. The maximum absolute atomic E-state index is 11.8. The van der Waals surface area contributed by atoms with Gasteiger partial charge in [-0.2, -0.15) is 0 Å². The van der Waals surface area contributed by atoms with E-state index in [4.69, 9.17) is 9.52 Å². The van der Waals surface area contributed by atoms with Crippen LogP contribution in [0.25, 0.3) is 0 Å². The highest BCUT2D eigenvalue weighted by atomic mass is 16.4. The van der Waals surface area contributed by atoms with Crippen LogP contribution in [-0.2, 0) is 16.1 Å². The van der Waals surface area contributed by atoms with Gasteiger partial charge in [-0.25, -0.2) is 0 Å². The van der Waals surface area contributed by atoms with Crippen molar-refractivity contribution in [1.82, 2.24) is 10.2 Å². The van der Waals surface area contributed by atoms with E-state index in [1.165, 1.54) is 0 Å². The molecule has 1 unspecified atom stereocenters. The van der Waals surface area contributed by atoms with Crippen molar-refractivity contribution in [3.63, 3.8) is 0 Å². The quantitative estimate of drug-likeness (QED) is 0.781. The van der Waals surface area contributed by atoms with E-state index in [0.717, 1.165) is 25.3 Å². The summed E-state index contributed by atoms with van der Waals surface area (Å²) in [5, 5.41) is 11.5. The first kappa shape index (κ1) is 14.6. The van der Waals surface area contributed by atoms with Crippen molar-refractivity contribution in [3.8, 4) is 0 Å². The van der Waals surface area contributed by atoms with Gasteiger partial charge in [-0.3, -0.25) is 14.5 Å². The molecule has 1 aliphatic heterocycles. The standard InChI is InChI=1S/C14H20N2O4/c17-13(15-8-12-2-1-7-20-12)10-16-6-5-11(9-16)3-4-14(18)19/h1-2,7,11H,3-6,8-10H2,(H,15,17)(H,18,19). The highest BCUT2D eigenvalue weighted by molar-refractivity contribution is 5.77. The van der Waals surface area contributed by atoms with Gasteiger partial charge < -0.3 is 14.8 Å². The fourth-order valence-electron chi connectivity index (χ4n) is 2.48. The molecular weight excluding hydrogens is 260 g/mol. The molecule has 0 aromatic carbocycles. The van der Waals surface area contributed by atoms with E-state index in [-0.39, 0.29) is 12.3 Å². The van der Waals surface area contributed by atoms with Gasteiger partial charge in [-0.05, 0) is 37.4 Å². The molecule has 2 rings (SSSR count). The number of aliphatic carboxylic acids is 1. The number of carboxylic acid groups (broad SMARTS) is 1. The van der Waals surface area contributed by atoms with Crippen molar-refractivity contribution in [1.29, 1.82) is 0 Å². The number of carbonyl (C=O) groups excluding carboxylic acids is 1. The first-order valence-electron chi connectivity index (χ1n) is 6.86. The van der Waals surface area contributed by atoms with Crippen LogP contribution < -0.4 is 5.32 Å². The van der Waals surface area contributed by atoms with Crippen molar-refractivity contribution < 1.29 is 19.1 Å². The number of hydrogen-bond acceptors (Lipinski definition) is 4. The zero-order chi connectivity index (χ0) is 14.4. The molecular formula is C14H20N2O4. The Labute approximate surface area is 117 Å². The van der Waals surface area contributed by atoms with Gasteiger partial charge in [0.15, 0.2) is 0 Å². The average molecular weight is 280 g/mol. The van der Waals surface area contributed by atoms with Gasteiger partial charge in [0.1, 0.15) is 5.76 Å². The predicted molar refractivity (Wildman–Crippen MR) is 72.0 cm³/mol. The lowest BCUT2D eigenvalue weighted by Gasteiger charge is -2.15. The zero-order valence-corrected chi connectivity index (χ0v) is 11.4. The second-order valence-corrected chi connectivity index (χ2v) is 5.18. The van der Waals surface area contributed by atoms with Crippen LogP contribution in [0, 0.1) is 5.92 Å². The summed E-state index contributed by atoms with van der Waals surface area (Å²) in [6, 6.07) is 3.60. The number of nitrogens with zero attached hydrogens (tertiary/aromatic N) is 1. The minimum Gasteiger partial charge on any atom is -0.481 e. The van der Waals surface area contributed by atoms with Crippen molar-refractivity contribution in [3.05, 3.63) is 24.2 Å². The first-order chi connectivity index (χ1) is 9.63. The number of furan rings is 1. The molecule has 0 radical (unpaired) electrons. The summed E-state index contributed by atoms with van der Waals surface area (Å²) in [4.78, 5) is 24.4. The van der Waals surface area contributed by atoms with Crippen molar-refractivity contribution in [2.45, 2.75) is 25.8 Å². The largest absolute Gasteiger partial charge is 0.481 e. The Bertz CT molecular complexity index is 444. The van der Waals surface area contributed by atoms with Crippen molar-refractivity contribution in [2.24, 2.45) is 5.92 Å². The van der Waals surface area contributed by atoms with Crippen LogP contribution >= 0.6 is 0 Å². The number of hydrogen-bond donors (Lipinski definition) is 2. The van der Waals surface area contributed by atoms with Gasteiger partial charge in [0.2, 0.25) is 5.91 Å². The first-order valence-corrected chi connectivity index (χ1v) is 6.86. The lowest BCUT2D eigenvalue weighted by atomic mass is 10.0. The van der Waals surface area contributed by atoms with Crippen LogP contribution in [-0.4, -0.2) is 41.5 Å². The summed E-state index contributed by atoms with van der Waals surface area (Å²) in [5.41, 5.74) is 0. The van der Waals surface area contributed by atoms with E-state index in [1.807, 2.05) is 6.07 Å². The fourth-order valence-corrected chi connectivity index (χ4v) is 2.48. The molecule has 0 bridgehead atoms. The molecule has 0 spiro atoms. The molecule has 1 saturated heterocycles. The van der Waals surface area contributed by atoms with Crippen LogP contribution in [0.3, 0.4) is 0 Å². The number of likely N-dealkylation sites (tertiary alicyclic amines) is 1. The van der Waals surface area contributed by atoms with Gasteiger partial charge in [-0.15, -0.1) is 0 Å². The maximum atomic E-state index is 11.8. The Morgan fingerprint density at radius 2 is 2.35 bits per heavy atom. The van der Waals surface area contributed by atoms with Crippen molar-refractivity contribution in [2.75, 3.05) is 19.6 Å². The van der Waals surface area contributed by atoms with E-state index in [9.17, 15) is 9.59 Å². The molecule has 2 N–H and O–H groups in total.